The molecule has 3 heterocycles. The molecule has 1 aromatic rings. The predicted octanol–water partition coefficient (Wildman–Crippen LogP) is 1.76. The third-order valence-electron chi connectivity index (χ3n) is 5.52. The molecule has 11 heteroatoms. The average molecular weight is 457 g/mol. The highest BCUT2D eigenvalue weighted by Crippen LogP contribution is 2.43. The smallest absolute Gasteiger partial charge is 0.355 e. The van der Waals surface area contributed by atoms with Gasteiger partial charge in [-0.05, 0) is 33.0 Å². The first kappa shape index (κ1) is 23.9. The Balaban J connectivity index is 1.92. The molecule has 2 saturated heterocycles. The number of unbranched alkanes of at least 4 members (excludes halogenated alkanes) is 1. The van der Waals surface area contributed by atoms with Crippen molar-refractivity contribution in [2.45, 2.75) is 83.1 Å². The van der Waals surface area contributed by atoms with Crippen molar-refractivity contribution in [2.75, 3.05) is 13.7 Å². The largest absolute Gasteiger partial charge is 0.464 e. The van der Waals surface area contributed by atoms with Gasteiger partial charge in [-0.25, -0.2) is 9.59 Å². The van der Waals surface area contributed by atoms with Crippen LogP contribution in [0.4, 0.5) is 0 Å². The van der Waals surface area contributed by atoms with Crippen molar-refractivity contribution >= 4 is 14.3 Å². The number of hydrogen-bond acceptors (Lipinski definition) is 8. The second-order valence-electron chi connectivity index (χ2n) is 8.99. The molecule has 174 valence electrons. The van der Waals surface area contributed by atoms with Crippen molar-refractivity contribution in [1.29, 1.82) is 0 Å². The highest BCUT2D eigenvalue weighted by molar-refractivity contribution is 6.71. The molecule has 0 radical (unpaired) electrons. The number of nitrogens with one attached hydrogen (secondary N) is 1. The van der Waals surface area contributed by atoms with E-state index in [1.54, 1.807) is 13.8 Å². The molecule has 4 atom stereocenters. The zero-order chi connectivity index (χ0) is 23.0. The van der Waals surface area contributed by atoms with Gasteiger partial charge in [0.1, 0.15) is 24.0 Å². The number of carbonyl (C=O) groups is 1. The number of fused-ring (bicyclic) bond motifs is 1. The molecule has 3 rings (SSSR count). The molecule has 2 fully saturated rings. The number of rotatable bonds is 8. The Labute approximate surface area is 181 Å². The summed E-state index contributed by atoms with van der Waals surface area (Å²) in [6.45, 7) is 10.3. The summed E-state index contributed by atoms with van der Waals surface area (Å²) in [6.07, 6.45) is -0.463. The van der Waals surface area contributed by atoms with Crippen molar-refractivity contribution < 1.29 is 28.2 Å². The Morgan fingerprint density at radius 2 is 1.94 bits per heavy atom. The van der Waals surface area contributed by atoms with Crippen molar-refractivity contribution in [3.8, 4) is 0 Å². The van der Waals surface area contributed by atoms with Gasteiger partial charge in [0, 0.05) is 6.07 Å². The molecular formula is C20H32N2O8Si. The van der Waals surface area contributed by atoms with Crippen molar-refractivity contribution in [2.24, 2.45) is 0 Å². The van der Waals surface area contributed by atoms with E-state index >= 15 is 0 Å². The number of aromatic nitrogens is 2. The van der Waals surface area contributed by atoms with Crippen LogP contribution in [0.15, 0.2) is 15.7 Å². The number of ether oxygens (including phenoxy) is 4. The Bertz CT molecular complexity index is 924. The highest BCUT2D eigenvalue weighted by atomic mass is 28.4. The predicted molar refractivity (Wildman–Crippen MR) is 114 cm³/mol. The van der Waals surface area contributed by atoms with Crippen LogP contribution in [0.5, 0.6) is 0 Å². The Morgan fingerprint density at radius 1 is 1.26 bits per heavy atom. The molecule has 0 aromatic carbocycles. The van der Waals surface area contributed by atoms with Crippen molar-refractivity contribution in [3.63, 3.8) is 0 Å². The molecule has 2 aliphatic rings. The fourth-order valence-electron chi connectivity index (χ4n) is 4.00. The highest BCUT2D eigenvalue weighted by Gasteiger charge is 2.56. The van der Waals surface area contributed by atoms with Gasteiger partial charge in [0.25, 0.3) is 5.56 Å². The van der Waals surface area contributed by atoms with Gasteiger partial charge in [-0.15, -0.1) is 0 Å². The van der Waals surface area contributed by atoms with Gasteiger partial charge in [0.05, 0.1) is 13.7 Å². The first-order chi connectivity index (χ1) is 14.5. The van der Waals surface area contributed by atoms with E-state index in [9.17, 15) is 14.4 Å². The lowest BCUT2D eigenvalue weighted by molar-refractivity contribution is -0.200. The summed E-state index contributed by atoms with van der Waals surface area (Å²) in [5.41, 5.74) is -1.71. The van der Waals surface area contributed by atoms with Crippen LogP contribution in [0.3, 0.4) is 0 Å². The van der Waals surface area contributed by atoms with Gasteiger partial charge in [-0.2, -0.15) is 0 Å². The van der Waals surface area contributed by atoms with E-state index in [4.69, 9.17) is 23.4 Å². The summed E-state index contributed by atoms with van der Waals surface area (Å²) in [5.74, 6) is -1.73. The van der Waals surface area contributed by atoms with Gasteiger partial charge in [0.2, 0.25) is 0 Å². The second kappa shape index (κ2) is 8.98. The Kier molecular flexibility index (Phi) is 6.92. The SMILES string of the molecule is CCCC[Si](C)(C)OC[C@H]1O[C@@H](n2c(C(=O)OC)cc(=O)[nH]c2=O)[C@@H]2OC(C)(C)O[C@@H]21. The second-order valence-corrected chi connectivity index (χ2v) is 13.3. The quantitative estimate of drug-likeness (QED) is 0.464. The van der Waals surface area contributed by atoms with Gasteiger partial charge < -0.3 is 23.4 Å². The van der Waals surface area contributed by atoms with Crippen LogP contribution in [-0.2, 0) is 23.4 Å². The lowest BCUT2D eigenvalue weighted by Crippen LogP contribution is -2.40. The van der Waals surface area contributed by atoms with Crippen LogP contribution >= 0.6 is 0 Å². The number of H-pyrrole nitrogens is 1. The fourth-order valence-corrected chi connectivity index (χ4v) is 5.97. The minimum atomic E-state index is -1.89. The minimum absolute atomic E-state index is 0.215. The Morgan fingerprint density at radius 3 is 2.58 bits per heavy atom. The fraction of sp³-hybridized carbons (Fsp3) is 0.750. The lowest BCUT2D eigenvalue weighted by Gasteiger charge is -2.28. The van der Waals surface area contributed by atoms with E-state index < -0.39 is 55.9 Å². The molecular weight excluding hydrogens is 424 g/mol. The summed E-state index contributed by atoms with van der Waals surface area (Å²) in [6, 6.07) is 2.04. The molecule has 2 aliphatic heterocycles. The standard InChI is InChI=1S/C20H32N2O8Si/c1-7-8-9-31(5,6)27-11-13-15-16(30-20(2,3)29-15)17(28-13)22-12(18(24)26-4)10-14(23)21-19(22)25/h10,13,15-17H,7-9,11H2,1-6H3,(H,21,23,25)/t13-,15-,16-,17-/m1/s1. The third kappa shape index (κ3) is 5.17. The summed E-state index contributed by atoms with van der Waals surface area (Å²) in [7, 11) is -0.717. The first-order valence-corrected chi connectivity index (χ1v) is 13.7. The summed E-state index contributed by atoms with van der Waals surface area (Å²) in [4.78, 5) is 38.9. The van der Waals surface area contributed by atoms with E-state index in [2.05, 4.69) is 25.0 Å². The van der Waals surface area contributed by atoms with Gasteiger partial charge in [0.15, 0.2) is 20.3 Å². The van der Waals surface area contributed by atoms with E-state index in [1.807, 2.05) is 0 Å². The molecule has 0 unspecified atom stereocenters. The summed E-state index contributed by atoms with van der Waals surface area (Å²) >= 11 is 0. The third-order valence-corrected chi connectivity index (χ3v) is 8.03. The maximum Gasteiger partial charge on any atom is 0.355 e. The molecule has 1 N–H and O–H groups in total. The molecule has 0 saturated carbocycles. The van der Waals surface area contributed by atoms with E-state index in [-0.39, 0.29) is 12.3 Å². The molecule has 0 amide bonds. The van der Waals surface area contributed by atoms with E-state index in [1.165, 1.54) is 7.11 Å². The van der Waals surface area contributed by atoms with Gasteiger partial charge in [-0.1, -0.05) is 19.8 Å². The summed E-state index contributed by atoms with van der Waals surface area (Å²) in [5, 5.41) is 0. The molecule has 31 heavy (non-hydrogen) atoms. The number of hydrogen-bond donors (Lipinski definition) is 1. The number of aromatic amines is 1. The monoisotopic (exact) mass is 456 g/mol. The van der Waals surface area contributed by atoms with Crippen LogP contribution in [0, 0.1) is 0 Å². The summed E-state index contributed by atoms with van der Waals surface area (Å²) < 4.78 is 30.3. The zero-order valence-electron chi connectivity index (χ0n) is 18.9. The van der Waals surface area contributed by atoms with Crippen LogP contribution in [-0.4, -0.2) is 61.7 Å². The van der Waals surface area contributed by atoms with Crippen LogP contribution in [0.1, 0.15) is 50.3 Å². The maximum atomic E-state index is 12.7. The van der Waals surface area contributed by atoms with Crippen molar-refractivity contribution in [1.82, 2.24) is 9.55 Å². The van der Waals surface area contributed by atoms with Gasteiger partial charge >= 0.3 is 11.7 Å². The molecule has 0 spiro atoms. The van der Waals surface area contributed by atoms with Crippen LogP contribution < -0.4 is 11.2 Å². The topological polar surface area (TPSA) is 118 Å². The number of carbonyl (C=O) groups excluding carboxylic acids is 1. The van der Waals surface area contributed by atoms with Crippen molar-refractivity contribution in [3.05, 3.63) is 32.6 Å². The average Bonchev–Trinajstić information content (AvgIpc) is 3.17. The molecule has 10 nitrogen and oxygen atoms in total. The number of esters is 1. The number of nitrogens with zero attached hydrogens (tertiary/aromatic N) is 1. The lowest BCUT2D eigenvalue weighted by atomic mass is 10.1. The van der Waals surface area contributed by atoms with Crippen LogP contribution in [0.2, 0.25) is 19.1 Å². The minimum Gasteiger partial charge on any atom is -0.464 e. The Hall–Kier alpha value is -1.79. The maximum absolute atomic E-state index is 12.7. The van der Waals surface area contributed by atoms with Gasteiger partial charge in [-0.3, -0.25) is 14.3 Å². The first-order valence-electron chi connectivity index (χ1n) is 10.6. The molecule has 1 aromatic heterocycles. The van der Waals surface area contributed by atoms with Crippen LogP contribution in [0.25, 0.3) is 0 Å². The van der Waals surface area contributed by atoms with E-state index in [0.29, 0.717) is 0 Å². The molecule has 0 bridgehead atoms. The van der Waals surface area contributed by atoms with E-state index in [0.717, 1.165) is 29.5 Å². The number of methoxy groups -OCH3 is 1. The normalized spacial score (nSPS) is 27.3. The zero-order valence-corrected chi connectivity index (χ0v) is 19.9. The molecule has 0 aliphatic carbocycles.